The fourth-order valence-electron chi connectivity index (χ4n) is 9.39. The van der Waals surface area contributed by atoms with Gasteiger partial charge in [-0.2, -0.15) is 0 Å². The van der Waals surface area contributed by atoms with Crippen LogP contribution in [0, 0.1) is 0 Å². The minimum Gasteiger partial charge on any atom is -0.508 e. The first kappa shape index (κ1) is 54.8. The largest absolute Gasteiger partial charge is 0.508 e. The van der Waals surface area contributed by atoms with Gasteiger partial charge in [-0.3, -0.25) is 0 Å². The molecule has 58 heavy (non-hydrogen) atoms. The van der Waals surface area contributed by atoms with E-state index in [1.54, 1.807) is 18.2 Å². The summed E-state index contributed by atoms with van der Waals surface area (Å²) >= 11 is 0. The minimum atomic E-state index is 0.247. The molecule has 2 N–H and O–H groups in total. The smallest absolute Gasteiger partial charge is 0.119 e. The average molecular weight is 811 g/mol. The summed E-state index contributed by atoms with van der Waals surface area (Å²) in [6.07, 6.45) is 68.0. The summed E-state index contributed by atoms with van der Waals surface area (Å²) in [5, 5.41) is 19.7. The van der Waals surface area contributed by atoms with Crippen LogP contribution in [-0.2, 0) is 0 Å². The van der Waals surface area contributed by atoms with E-state index in [1.807, 2.05) is 0 Å². The van der Waals surface area contributed by atoms with Crippen molar-refractivity contribution in [3.63, 3.8) is 0 Å². The molecule has 1 aromatic carbocycles. The van der Waals surface area contributed by atoms with E-state index >= 15 is 0 Å². The fourth-order valence-corrected chi connectivity index (χ4v) is 9.39. The summed E-state index contributed by atoms with van der Waals surface area (Å²) in [5.74, 6) is 0.860. The number of rotatable bonds is 48. The molecule has 1 unspecified atom stereocenters. The van der Waals surface area contributed by atoms with Crippen LogP contribution in [0.15, 0.2) is 18.2 Å². The Labute approximate surface area is 365 Å². The Morgan fingerprint density at radius 1 is 0.310 bits per heavy atom. The number of phenols is 2. The molecule has 0 spiro atoms. The van der Waals surface area contributed by atoms with E-state index in [1.165, 1.54) is 295 Å². The molecule has 0 fully saturated rings. The van der Waals surface area contributed by atoms with Crippen LogP contribution >= 0.6 is 0 Å². The van der Waals surface area contributed by atoms with E-state index in [4.69, 9.17) is 0 Å². The van der Waals surface area contributed by atoms with Gasteiger partial charge in [0.1, 0.15) is 11.5 Å². The second-order valence-electron chi connectivity index (χ2n) is 19.3. The minimum absolute atomic E-state index is 0.247. The lowest BCUT2D eigenvalue weighted by Gasteiger charge is -2.13. The van der Waals surface area contributed by atoms with Gasteiger partial charge in [0.2, 0.25) is 0 Å². The van der Waals surface area contributed by atoms with Crippen molar-refractivity contribution in [2.24, 2.45) is 0 Å². The van der Waals surface area contributed by atoms with Crippen molar-refractivity contribution in [2.75, 3.05) is 0 Å². The van der Waals surface area contributed by atoms with Crippen molar-refractivity contribution in [1.29, 1.82) is 0 Å². The van der Waals surface area contributed by atoms with Gasteiger partial charge in [0.05, 0.1) is 0 Å². The molecule has 1 atom stereocenters. The Morgan fingerprint density at radius 2 is 0.517 bits per heavy atom. The maximum Gasteiger partial charge on any atom is 0.119 e. The zero-order chi connectivity index (χ0) is 41.7. The Kier molecular flexibility index (Phi) is 42.9. The van der Waals surface area contributed by atoms with Gasteiger partial charge < -0.3 is 10.2 Å². The number of hydrogen-bond acceptors (Lipinski definition) is 2. The number of aromatic hydroxyl groups is 2. The van der Waals surface area contributed by atoms with Gasteiger partial charge in [-0.05, 0) is 30.5 Å². The molecule has 2 heteroatoms. The van der Waals surface area contributed by atoms with E-state index in [9.17, 15) is 10.2 Å². The van der Waals surface area contributed by atoms with Crippen LogP contribution in [0.1, 0.15) is 327 Å². The van der Waals surface area contributed by atoms with Crippen LogP contribution in [0.2, 0.25) is 0 Å². The maximum atomic E-state index is 10.0. The lowest BCUT2D eigenvalue weighted by atomic mass is 9.93. The monoisotopic (exact) mass is 811 g/mol. The first-order valence-electron chi connectivity index (χ1n) is 27.2. The third-order valence-electron chi connectivity index (χ3n) is 13.5. The highest BCUT2D eigenvalue weighted by Crippen LogP contribution is 2.32. The number of unbranched alkanes of at least 4 members (excludes halogenated alkanes) is 45. The number of phenolic OH excluding ortho intramolecular Hbond substituents is 2. The maximum absolute atomic E-state index is 10.0. The Morgan fingerprint density at radius 3 is 0.741 bits per heavy atom. The summed E-state index contributed by atoms with van der Waals surface area (Å²) in [7, 11) is 0. The average Bonchev–Trinajstić information content (AvgIpc) is 3.23. The summed E-state index contributed by atoms with van der Waals surface area (Å²) in [6, 6.07) is 4.88. The third-order valence-corrected chi connectivity index (χ3v) is 13.5. The highest BCUT2D eigenvalue weighted by molar-refractivity contribution is 5.40. The quantitative estimate of drug-likeness (QED) is 0.0508. The second kappa shape index (κ2) is 45.3. The van der Waals surface area contributed by atoms with Gasteiger partial charge in [0.25, 0.3) is 0 Å². The van der Waals surface area contributed by atoms with Gasteiger partial charge in [-0.15, -0.1) is 0 Å². The normalized spacial score (nSPS) is 12.2. The van der Waals surface area contributed by atoms with Gasteiger partial charge in [-0.25, -0.2) is 0 Å². The molecule has 0 radical (unpaired) electrons. The molecule has 0 amide bonds. The number of hydrogen-bond donors (Lipinski definition) is 2. The van der Waals surface area contributed by atoms with E-state index in [0.717, 1.165) is 12.0 Å². The van der Waals surface area contributed by atoms with Crippen molar-refractivity contribution < 1.29 is 10.2 Å². The zero-order valence-electron chi connectivity index (χ0n) is 39.9. The third kappa shape index (κ3) is 39.0. The van der Waals surface area contributed by atoms with Crippen molar-refractivity contribution in [3.8, 4) is 11.5 Å². The highest BCUT2D eigenvalue weighted by atomic mass is 16.3. The molecule has 0 heterocycles. The molecule has 0 aliphatic rings. The molecule has 0 saturated carbocycles. The van der Waals surface area contributed by atoms with Crippen LogP contribution < -0.4 is 0 Å². The fraction of sp³-hybridized carbons (Fsp3) is 0.893. The van der Waals surface area contributed by atoms with Gasteiger partial charge in [0, 0.05) is 5.56 Å². The van der Waals surface area contributed by atoms with Gasteiger partial charge in [-0.1, -0.05) is 309 Å². The molecule has 0 aliphatic carbocycles. The van der Waals surface area contributed by atoms with Crippen molar-refractivity contribution >= 4 is 0 Å². The molecule has 0 aromatic heterocycles. The number of benzene rings is 1. The SMILES string of the molecule is CCCCCCCCCCCCCCCCCCCCCCCCCCCCCCCCCCCCCCCCCCCCCCCCC(C)c1cc(O)ccc1O. The van der Waals surface area contributed by atoms with Gasteiger partial charge in [0.15, 0.2) is 0 Å². The Hall–Kier alpha value is -1.18. The topological polar surface area (TPSA) is 40.5 Å². The summed E-state index contributed by atoms with van der Waals surface area (Å²) in [6.45, 7) is 4.46. The Bertz CT molecular complexity index is 925. The first-order chi connectivity index (χ1) is 28.6. The molecule has 0 aliphatic heterocycles. The van der Waals surface area contributed by atoms with Crippen molar-refractivity contribution in [2.45, 2.75) is 322 Å². The van der Waals surface area contributed by atoms with E-state index in [-0.39, 0.29) is 5.75 Å². The lowest BCUT2D eigenvalue weighted by molar-refractivity contribution is 0.445. The zero-order valence-corrected chi connectivity index (χ0v) is 39.9. The summed E-state index contributed by atoms with van der Waals surface area (Å²) in [5.41, 5.74) is 0.882. The first-order valence-corrected chi connectivity index (χ1v) is 27.2. The standard InChI is InChI=1S/C56H106O2/c1-3-4-5-6-7-8-9-10-11-12-13-14-15-16-17-18-19-20-21-22-23-24-25-26-27-28-29-30-31-32-33-34-35-36-37-38-39-40-41-42-43-44-45-46-47-48-49-53(2)55-52-54(57)50-51-56(55)58/h50-53,57-58H,3-49H2,1-2H3. The van der Waals surface area contributed by atoms with Crippen molar-refractivity contribution in [3.05, 3.63) is 23.8 Å². The molecular weight excluding hydrogens is 705 g/mol. The molecule has 0 saturated heterocycles. The molecular formula is C56H106O2. The second-order valence-corrected chi connectivity index (χ2v) is 19.3. The Balaban J connectivity index is 1.63. The molecule has 0 bridgehead atoms. The van der Waals surface area contributed by atoms with Crippen LogP contribution in [-0.4, -0.2) is 10.2 Å². The van der Waals surface area contributed by atoms with Crippen molar-refractivity contribution in [1.82, 2.24) is 0 Å². The summed E-state index contributed by atoms with van der Waals surface area (Å²) < 4.78 is 0. The highest BCUT2D eigenvalue weighted by Gasteiger charge is 2.11. The van der Waals surface area contributed by atoms with Crippen LogP contribution in [0.5, 0.6) is 11.5 Å². The molecule has 1 aromatic rings. The van der Waals surface area contributed by atoms with Gasteiger partial charge >= 0.3 is 0 Å². The van der Waals surface area contributed by atoms with E-state index < -0.39 is 0 Å². The molecule has 1 rings (SSSR count). The molecule has 342 valence electrons. The van der Waals surface area contributed by atoms with E-state index in [0.29, 0.717) is 11.7 Å². The summed E-state index contributed by atoms with van der Waals surface area (Å²) in [4.78, 5) is 0. The van der Waals surface area contributed by atoms with E-state index in [2.05, 4.69) is 13.8 Å². The van der Waals surface area contributed by atoms with Crippen LogP contribution in [0.4, 0.5) is 0 Å². The van der Waals surface area contributed by atoms with Crippen LogP contribution in [0.25, 0.3) is 0 Å². The van der Waals surface area contributed by atoms with Crippen LogP contribution in [0.3, 0.4) is 0 Å². The predicted molar refractivity (Wildman–Crippen MR) is 261 cm³/mol. The lowest BCUT2D eigenvalue weighted by Crippen LogP contribution is -1.94. The predicted octanol–water partition coefficient (Wildman–Crippen LogP) is 20.6. The molecule has 2 nitrogen and oxygen atoms in total.